The molecule has 0 fully saturated rings. The van der Waals surface area contributed by atoms with Crippen LogP contribution in [0.2, 0.25) is 10.0 Å². The minimum Gasteiger partial charge on any atom is -0.352 e. The average Bonchev–Trinajstić information content (AvgIpc) is 2.81. The van der Waals surface area contributed by atoms with Crippen LogP contribution in [-0.2, 0) is 26.2 Å². The Balaban J connectivity index is 2.20. The lowest BCUT2D eigenvalue weighted by Gasteiger charge is -2.30. The van der Waals surface area contributed by atoms with Gasteiger partial charge < -0.3 is 10.2 Å². The number of anilines is 1. The highest BCUT2D eigenvalue weighted by atomic mass is 79.9. The Labute approximate surface area is 232 Å². The molecule has 198 valence electrons. The summed E-state index contributed by atoms with van der Waals surface area (Å²) in [5, 5.41) is 3.52. The van der Waals surface area contributed by atoms with Crippen molar-refractivity contribution in [1.29, 1.82) is 0 Å². The quantitative estimate of drug-likeness (QED) is 0.333. The normalized spacial score (nSPS) is 13.1. The van der Waals surface area contributed by atoms with Crippen molar-refractivity contribution in [1.82, 2.24) is 10.2 Å². The smallest absolute Gasteiger partial charge is 0.242 e. The van der Waals surface area contributed by atoms with Gasteiger partial charge in [0.25, 0.3) is 0 Å². The summed E-state index contributed by atoms with van der Waals surface area (Å²) >= 11 is 15.7. The molecule has 2 aromatic rings. The first-order valence-corrected chi connectivity index (χ1v) is 15.0. The number of rotatable bonds is 12. The summed E-state index contributed by atoms with van der Waals surface area (Å²) in [5.41, 5.74) is 1.13. The number of nitrogens with zero attached hydrogens (tertiary/aromatic N) is 2. The number of sulfonamides is 1. The average molecular weight is 621 g/mol. The fourth-order valence-corrected chi connectivity index (χ4v) is 5.16. The van der Waals surface area contributed by atoms with Crippen LogP contribution in [0.25, 0.3) is 0 Å². The maximum atomic E-state index is 13.3. The van der Waals surface area contributed by atoms with Gasteiger partial charge in [-0.25, -0.2) is 8.42 Å². The van der Waals surface area contributed by atoms with Crippen molar-refractivity contribution >= 4 is 66.7 Å². The van der Waals surface area contributed by atoms with Crippen LogP contribution in [0.1, 0.15) is 45.6 Å². The summed E-state index contributed by atoms with van der Waals surface area (Å²) in [5.74, 6) is -0.492. The number of nitrogens with one attached hydrogen (secondary N) is 1. The molecule has 2 rings (SSSR count). The first-order chi connectivity index (χ1) is 16.8. The van der Waals surface area contributed by atoms with Crippen molar-refractivity contribution in [2.75, 3.05) is 17.1 Å². The Kier molecular flexibility index (Phi) is 11.5. The Morgan fingerprint density at radius 3 is 2.31 bits per heavy atom. The fraction of sp³-hybridized carbons (Fsp3) is 0.440. The van der Waals surface area contributed by atoms with E-state index in [-0.39, 0.29) is 54.5 Å². The summed E-state index contributed by atoms with van der Waals surface area (Å²) in [4.78, 5) is 27.7. The standard InChI is InChI=1S/C25H32BrCl2N3O4S/c1-5-17(2)29-25(33)18(3)30(16-19-8-10-20(26)11-9-19)24(32)7-6-14-31(36(4,34)35)23-15-21(27)12-13-22(23)28/h8-13,15,17-18H,5-7,14,16H2,1-4H3,(H,29,33)/t17-,18-/m0/s1. The number of hydrogen-bond donors (Lipinski definition) is 1. The molecule has 0 saturated heterocycles. The van der Waals surface area contributed by atoms with E-state index in [0.29, 0.717) is 5.02 Å². The molecule has 0 aliphatic carbocycles. The second kappa shape index (κ2) is 13.7. The second-order valence-electron chi connectivity index (χ2n) is 8.68. The Morgan fingerprint density at radius 2 is 1.72 bits per heavy atom. The predicted octanol–water partition coefficient (Wildman–Crippen LogP) is 5.63. The lowest BCUT2D eigenvalue weighted by molar-refractivity contribution is -0.140. The summed E-state index contributed by atoms with van der Waals surface area (Å²) in [6.45, 7) is 5.86. The van der Waals surface area contributed by atoms with Crippen molar-refractivity contribution < 1.29 is 18.0 Å². The van der Waals surface area contributed by atoms with E-state index in [1.807, 2.05) is 38.1 Å². The van der Waals surface area contributed by atoms with E-state index in [9.17, 15) is 18.0 Å². The number of benzene rings is 2. The van der Waals surface area contributed by atoms with E-state index in [4.69, 9.17) is 23.2 Å². The lowest BCUT2D eigenvalue weighted by atomic mass is 10.1. The lowest BCUT2D eigenvalue weighted by Crippen LogP contribution is -2.49. The molecule has 11 heteroatoms. The van der Waals surface area contributed by atoms with E-state index in [0.717, 1.165) is 27.0 Å². The molecule has 0 radical (unpaired) electrons. The zero-order chi connectivity index (χ0) is 27.0. The molecule has 0 unspecified atom stereocenters. The van der Waals surface area contributed by atoms with Crippen LogP contribution in [0, 0.1) is 0 Å². The molecule has 2 amide bonds. The minimum absolute atomic E-state index is 0.0182. The highest BCUT2D eigenvalue weighted by Crippen LogP contribution is 2.31. The van der Waals surface area contributed by atoms with Crippen molar-refractivity contribution in [3.05, 3.63) is 62.5 Å². The van der Waals surface area contributed by atoms with Crippen molar-refractivity contribution in [3.63, 3.8) is 0 Å². The minimum atomic E-state index is -3.68. The van der Waals surface area contributed by atoms with Gasteiger partial charge in [-0.15, -0.1) is 0 Å². The number of amides is 2. The molecule has 0 aromatic heterocycles. The molecule has 2 aromatic carbocycles. The maximum absolute atomic E-state index is 13.3. The first-order valence-electron chi connectivity index (χ1n) is 11.6. The molecule has 36 heavy (non-hydrogen) atoms. The van der Waals surface area contributed by atoms with Gasteiger partial charge in [-0.05, 0) is 62.6 Å². The highest BCUT2D eigenvalue weighted by Gasteiger charge is 2.27. The summed E-state index contributed by atoms with van der Waals surface area (Å²) in [6, 6.07) is 11.4. The van der Waals surface area contributed by atoms with E-state index in [2.05, 4.69) is 21.2 Å². The zero-order valence-corrected chi connectivity index (χ0v) is 24.7. The van der Waals surface area contributed by atoms with Gasteiger partial charge in [-0.3, -0.25) is 13.9 Å². The van der Waals surface area contributed by atoms with Crippen molar-refractivity contribution in [2.45, 2.75) is 58.7 Å². The molecule has 2 atom stereocenters. The summed E-state index contributed by atoms with van der Waals surface area (Å²) in [7, 11) is -3.68. The topological polar surface area (TPSA) is 86.8 Å². The molecular weight excluding hydrogens is 589 g/mol. The van der Waals surface area contributed by atoms with Crippen LogP contribution >= 0.6 is 39.1 Å². The highest BCUT2D eigenvalue weighted by molar-refractivity contribution is 9.10. The van der Waals surface area contributed by atoms with Gasteiger partial charge in [0.1, 0.15) is 6.04 Å². The second-order valence-corrected chi connectivity index (χ2v) is 12.3. The summed E-state index contributed by atoms with van der Waals surface area (Å²) in [6.07, 6.45) is 2.12. The molecular formula is C25H32BrCl2N3O4S. The van der Waals surface area contributed by atoms with E-state index < -0.39 is 16.1 Å². The first kappa shape index (κ1) is 30.4. The third kappa shape index (κ3) is 8.94. The maximum Gasteiger partial charge on any atom is 0.242 e. The Morgan fingerprint density at radius 1 is 1.08 bits per heavy atom. The number of halogens is 3. The largest absolute Gasteiger partial charge is 0.352 e. The fourth-order valence-electron chi connectivity index (χ4n) is 3.49. The Bertz CT molecular complexity index is 1160. The van der Waals surface area contributed by atoms with Gasteiger partial charge in [0.2, 0.25) is 21.8 Å². The van der Waals surface area contributed by atoms with Crippen LogP contribution in [0.4, 0.5) is 5.69 Å². The number of carbonyl (C=O) groups is 2. The molecule has 0 aliphatic rings. The third-order valence-corrected chi connectivity index (χ3v) is 8.03. The van der Waals surface area contributed by atoms with E-state index in [1.165, 1.54) is 17.0 Å². The SMILES string of the molecule is CC[C@H](C)NC(=O)[C@H](C)N(Cc1ccc(Br)cc1)C(=O)CCCN(c1cc(Cl)ccc1Cl)S(C)(=O)=O. The van der Waals surface area contributed by atoms with Gasteiger partial charge in [0.05, 0.1) is 17.0 Å². The van der Waals surface area contributed by atoms with Crippen LogP contribution in [0.3, 0.4) is 0 Å². The van der Waals surface area contributed by atoms with Gasteiger partial charge in [0.15, 0.2) is 0 Å². The zero-order valence-electron chi connectivity index (χ0n) is 20.8. The molecule has 0 bridgehead atoms. The van der Waals surface area contributed by atoms with Crippen LogP contribution in [-0.4, -0.2) is 50.0 Å². The molecule has 0 spiro atoms. The van der Waals surface area contributed by atoms with Gasteiger partial charge >= 0.3 is 0 Å². The third-order valence-electron chi connectivity index (χ3n) is 5.76. The van der Waals surface area contributed by atoms with Gasteiger partial charge in [-0.1, -0.05) is 58.2 Å². The number of carbonyl (C=O) groups excluding carboxylic acids is 2. The number of hydrogen-bond acceptors (Lipinski definition) is 4. The van der Waals surface area contributed by atoms with E-state index >= 15 is 0 Å². The molecule has 0 saturated carbocycles. The van der Waals surface area contributed by atoms with Crippen molar-refractivity contribution in [3.8, 4) is 0 Å². The Hall–Kier alpha value is -1.81. The van der Waals surface area contributed by atoms with Gasteiger partial charge in [-0.2, -0.15) is 0 Å². The van der Waals surface area contributed by atoms with Crippen LogP contribution < -0.4 is 9.62 Å². The molecule has 0 heterocycles. The molecule has 7 nitrogen and oxygen atoms in total. The summed E-state index contributed by atoms with van der Waals surface area (Å²) < 4.78 is 27.0. The monoisotopic (exact) mass is 619 g/mol. The van der Waals surface area contributed by atoms with Crippen LogP contribution in [0.15, 0.2) is 46.9 Å². The predicted molar refractivity (Wildman–Crippen MR) is 150 cm³/mol. The van der Waals surface area contributed by atoms with Crippen molar-refractivity contribution in [2.24, 2.45) is 0 Å². The van der Waals surface area contributed by atoms with Crippen LogP contribution in [0.5, 0.6) is 0 Å². The van der Waals surface area contributed by atoms with E-state index in [1.54, 1.807) is 13.0 Å². The molecule has 0 aliphatic heterocycles. The van der Waals surface area contributed by atoms with Gasteiger partial charge in [0, 0.05) is 35.0 Å². The molecule has 1 N–H and O–H groups in total.